The predicted molar refractivity (Wildman–Crippen MR) is 184 cm³/mol. The maximum Gasteiger partial charge on any atom is 0.136 e. The van der Waals surface area contributed by atoms with Crippen molar-refractivity contribution in [2.45, 2.75) is 0 Å². The molecule has 7 aromatic carbocycles. The molecular formula is C40H25NOS. The Labute approximate surface area is 252 Å². The van der Waals surface area contributed by atoms with Crippen molar-refractivity contribution in [3.8, 4) is 11.1 Å². The van der Waals surface area contributed by atoms with E-state index >= 15 is 0 Å². The molecule has 0 radical (unpaired) electrons. The van der Waals surface area contributed by atoms with Crippen LogP contribution in [0.15, 0.2) is 156 Å². The second kappa shape index (κ2) is 9.59. The Morgan fingerprint density at radius 3 is 2.05 bits per heavy atom. The number of hydrogen-bond acceptors (Lipinski definition) is 3. The summed E-state index contributed by atoms with van der Waals surface area (Å²) < 4.78 is 8.79. The molecule has 0 saturated carbocycles. The van der Waals surface area contributed by atoms with Crippen molar-refractivity contribution >= 4 is 81.3 Å². The van der Waals surface area contributed by atoms with Crippen LogP contribution in [0.3, 0.4) is 0 Å². The minimum atomic E-state index is 0.920. The lowest BCUT2D eigenvalue weighted by Crippen LogP contribution is -2.10. The summed E-state index contributed by atoms with van der Waals surface area (Å²) in [6, 6.07) is 54.4. The molecule has 43 heavy (non-hydrogen) atoms. The van der Waals surface area contributed by atoms with E-state index in [-0.39, 0.29) is 0 Å². The van der Waals surface area contributed by atoms with Crippen molar-refractivity contribution in [1.29, 1.82) is 0 Å². The fourth-order valence-corrected chi connectivity index (χ4v) is 7.49. The van der Waals surface area contributed by atoms with Crippen LogP contribution in [0.2, 0.25) is 0 Å². The van der Waals surface area contributed by atoms with Crippen molar-refractivity contribution in [3.63, 3.8) is 0 Å². The Morgan fingerprint density at radius 1 is 0.395 bits per heavy atom. The summed E-state index contributed by atoms with van der Waals surface area (Å²) >= 11 is 1.85. The van der Waals surface area contributed by atoms with Gasteiger partial charge in [0.05, 0.1) is 0 Å². The monoisotopic (exact) mass is 567 g/mol. The van der Waals surface area contributed by atoms with Gasteiger partial charge in [-0.1, -0.05) is 91.0 Å². The van der Waals surface area contributed by atoms with E-state index in [0.717, 1.165) is 44.4 Å². The highest BCUT2D eigenvalue weighted by molar-refractivity contribution is 7.25. The van der Waals surface area contributed by atoms with E-state index in [1.165, 1.54) is 36.7 Å². The molecule has 0 spiro atoms. The maximum absolute atomic E-state index is 6.19. The van der Waals surface area contributed by atoms with Gasteiger partial charge in [0.2, 0.25) is 0 Å². The third-order valence-corrected chi connectivity index (χ3v) is 9.54. The number of hydrogen-bond donors (Lipinski definition) is 0. The van der Waals surface area contributed by atoms with Crippen molar-refractivity contribution < 1.29 is 4.42 Å². The van der Waals surface area contributed by atoms with Crippen molar-refractivity contribution in [3.05, 3.63) is 152 Å². The Kier molecular flexibility index (Phi) is 5.40. The molecule has 0 aliphatic rings. The average Bonchev–Trinajstić information content (AvgIpc) is 3.62. The number of nitrogens with zero attached hydrogens (tertiary/aromatic N) is 1. The van der Waals surface area contributed by atoms with Crippen LogP contribution in [0.5, 0.6) is 0 Å². The first kappa shape index (κ1) is 24.2. The molecule has 0 saturated heterocycles. The van der Waals surface area contributed by atoms with Crippen molar-refractivity contribution in [1.82, 2.24) is 0 Å². The minimum Gasteiger partial charge on any atom is -0.456 e. The molecule has 2 nitrogen and oxygen atoms in total. The molecule has 2 aromatic heterocycles. The predicted octanol–water partition coefficient (Wildman–Crippen LogP) is 12.2. The summed E-state index contributed by atoms with van der Waals surface area (Å²) in [5.74, 6) is 0. The summed E-state index contributed by atoms with van der Waals surface area (Å²) in [6.45, 7) is 0. The first-order valence-corrected chi connectivity index (χ1v) is 15.3. The van der Waals surface area contributed by atoms with Gasteiger partial charge in [0, 0.05) is 48.0 Å². The van der Waals surface area contributed by atoms with E-state index in [4.69, 9.17) is 4.42 Å². The Balaban J connectivity index is 1.26. The van der Waals surface area contributed by atoms with Crippen LogP contribution in [0.4, 0.5) is 17.1 Å². The minimum absolute atomic E-state index is 0.920. The lowest BCUT2D eigenvalue weighted by molar-refractivity contribution is 0.669. The highest BCUT2D eigenvalue weighted by atomic mass is 32.1. The van der Waals surface area contributed by atoms with E-state index < -0.39 is 0 Å². The van der Waals surface area contributed by atoms with Gasteiger partial charge >= 0.3 is 0 Å². The zero-order valence-electron chi connectivity index (χ0n) is 23.2. The van der Waals surface area contributed by atoms with E-state index in [1.54, 1.807) is 0 Å². The van der Waals surface area contributed by atoms with Crippen LogP contribution >= 0.6 is 11.3 Å². The lowest BCUT2D eigenvalue weighted by atomic mass is 10.0. The zero-order chi connectivity index (χ0) is 28.3. The quantitative estimate of drug-likeness (QED) is 0.210. The molecule has 3 heteroatoms. The summed E-state index contributed by atoms with van der Waals surface area (Å²) in [5.41, 5.74) is 7.61. The van der Waals surface area contributed by atoms with Crippen LogP contribution in [-0.2, 0) is 0 Å². The molecule has 0 fully saturated rings. The topological polar surface area (TPSA) is 16.4 Å². The number of thiophene rings is 1. The first-order valence-electron chi connectivity index (χ1n) is 14.5. The van der Waals surface area contributed by atoms with Crippen molar-refractivity contribution in [2.24, 2.45) is 0 Å². The third kappa shape index (κ3) is 4.01. The van der Waals surface area contributed by atoms with Gasteiger partial charge in [-0.15, -0.1) is 11.3 Å². The zero-order valence-corrected chi connectivity index (χ0v) is 24.0. The molecule has 0 bridgehead atoms. The van der Waals surface area contributed by atoms with Gasteiger partial charge in [0.15, 0.2) is 0 Å². The van der Waals surface area contributed by atoms with E-state index in [0.29, 0.717) is 0 Å². The number of furan rings is 1. The third-order valence-electron chi connectivity index (χ3n) is 8.41. The molecule has 0 atom stereocenters. The SMILES string of the molecule is c1ccc(-c2cccc(N(c3ccc4cc5oc6ccccc6c5cc4c3)c3ccc4c(c3)sc3ccccc34)c2)cc1. The largest absolute Gasteiger partial charge is 0.456 e. The van der Waals surface area contributed by atoms with Gasteiger partial charge in [-0.05, 0) is 82.6 Å². The molecule has 0 N–H and O–H groups in total. The molecule has 0 unspecified atom stereocenters. The molecule has 0 aliphatic heterocycles. The second-order valence-electron chi connectivity index (χ2n) is 11.0. The molecule has 2 heterocycles. The van der Waals surface area contributed by atoms with Crippen molar-refractivity contribution in [2.75, 3.05) is 4.90 Å². The molecule has 9 aromatic rings. The number of fused-ring (bicyclic) bond motifs is 7. The van der Waals surface area contributed by atoms with Gasteiger partial charge in [0.25, 0.3) is 0 Å². The molecule has 0 amide bonds. The highest BCUT2D eigenvalue weighted by Crippen LogP contribution is 2.42. The molecule has 202 valence electrons. The molecule has 0 aliphatic carbocycles. The number of anilines is 3. The van der Waals surface area contributed by atoms with Crippen LogP contribution in [0, 0.1) is 0 Å². The van der Waals surface area contributed by atoms with Gasteiger partial charge in [0.1, 0.15) is 11.2 Å². The number of para-hydroxylation sites is 1. The van der Waals surface area contributed by atoms with Crippen LogP contribution < -0.4 is 4.90 Å². The summed E-state index contributed by atoms with van der Waals surface area (Å²) in [5, 5.41) is 7.25. The fourth-order valence-electron chi connectivity index (χ4n) is 6.35. The van der Waals surface area contributed by atoms with E-state index in [2.05, 4.69) is 144 Å². The standard InChI is InChI=1S/C40H25NOS/c1-2-9-26(10-3-1)27-11-8-12-30(21-27)41(32-19-20-35-34-14-5-7-16-39(34)43-40(35)25-32)31-18-17-28-24-38-36(23-29(28)22-31)33-13-4-6-15-37(33)42-38/h1-25H. The molecular weight excluding hydrogens is 543 g/mol. The normalized spacial score (nSPS) is 11.7. The number of rotatable bonds is 4. The summed E-state index contributed by atoms with van der Waals surface area (Å²) in [6.07, 6.45) is 0. The number of benzene rings is 7. The van der Waals surface area contributed by atoms with Crippen LogP contribution in [0.1, 0.15) is 0 Å². The van der Waals surface area contributed by atoms with Gasteiger partial charge in [-0.3, -0.25) is 0 Å². The Hall–Kier alpha value is -5.38. The summed E-state index contributed by atoms with van der Waals surface area (Å²) in [4.78, 5) is 2.38. The Morgan fingerprint density at radius 2 is 1.12 bits per heavy atom. The smallest absolute Gasteiger partial charge is 0.136 e. The van der Waals surface area contributed by atoms with E-state index in [1.807, 2.05) is 23.5 Å². The fraction of sp³-hybridized carbons (Fsp3) is 0. The first-order chi connectivity index (χ1) is 21.3. The van der Waals surface area contributed by atoms with Gasteiger partial charge in [-0.25, -0.2) is 0 Å². The highest BCUT2D eigenvalue weighted by Gasteiger charge is 2.17. The van der Waals surface area contributed by atoms with Crippen LogP contribution in [-0.4, -0.2) is 0 Å². The van der Waals surface area contributed by atoms with Gasteiger partial charge < -0.3 is 9.32 Å². The Bertz CT molecular complexity index is 2470. The van der Waals surface area contributed by atoms with Gasteiger partial charge in [-0.2, -0.15) is 0 Å². The van der Waals surface area contributed by atoms with E-state index in [9.17, 15) is 0 Å². The molecule has 9 rings (SSSR count). The average molecular weight is 568 g/mol. The second-order valence-corrected chi connectivity index (χ2v) is 12.1. The van der Waals surface area contributed by atoms with Crippen LogP contribution in [0.25, 0.3) is 64.0 Å². The lowest BCUT2D eigenvalue weighted by Gasteiger charge is -2.26. The summed E-state index contributed by atoms with van der Waals surface area (Å²) in [7, 11) is 0. The maximum atomic E-state index is 6.19.